The first-order chi connectivity index (χ1) is 11.0. The Labute approximate surface area is 173 Å². The summed E-state index contributed by atoms with van der Waals surface area (Å²) in [5.41, 5.74) is 0. The average Bonchev–Trinajstić information content (AvgIpc) is 2.52. The Bertz CT molecular complexity index is 294. The van der Waals surface area contributed by atoms with Gasteiger partial charge in [0.05, 0.1) is 12.4 Å². The minimum absolute atomic E-state index is 0. The third kappa shape index (κ3) is 34.3. The Morgan fingerprint density at radius 2 is 0.875 bits per heavy atom. The van der Waals surface area contributed by atoms with Crippen LogP contribution in [0.1, 0.15) is 104 Å². The monoisotopic (exact) mass is 375 g/mol. The van der Waals surface area contributed by atoms with Crippen molar-refractivity contribution in [2.45, 2.75) is 104 Å². The van der Waals surface area contributed by atoms with E-state index in [4.69, 9.17) is 4.55 Å². The third-order valence-corrected chi connectivity index (χ3v) is 4.59. The van der Waals surface area contributed by atoms with Gasteiger partial charge in [-0.05, 0) is 13.3 Å². The van der Waals surface area contributed by atoms with Crippen LogP contribution in [0.3, 0.4) is 0 Å². The Hall–Kier alpha value is 0.870. The van der Waals surface area contributed by atoms with Gasteiger partial charge in [-0.25, -0.2) is 5.11 Å². The fourth-order valence-corrected chi connectivity index (χ4v) is 2.30. The van der Waals surface area contributed by atoms with Gasteiger partial charge in [0.15, 0.2) is 0 Å². The molecular formula is C18H40NaO4S. The second-order valence-electron chi connectivity index (χ2n) is 6.17. The van der Waals surface area contributed by atoms with Gasteiger partial charge >= 0.3 is 29.6 Å². The quantitative estimate of drug-likeness (QED) is 0.244. The van der Waals surface area contributed by atoms with E-state index in [-0.39, 0.29) is 41.9 Å². The maximum atomic E-state index is 10.2. The second-order valence-corrected chi connectivity index (χ2v) is 7.91. The van der Waals surface area contributed by atoms with E-state index in [0.29, 0.717) is 0 Å². The van der Waals surface area contributed by atoms with E-state index in [1.54, 1.807) is 0 Å². The van der Waals surface area contributed by atoms with Gasteiger partial charge in [-0.2, -0.15) is 8.42 Å². The molecule has 0 unspecified atom stereocenters. The maximum absolute atomic E-state index is 10.2. The van der Waals surface area contributed by atoms with E-state index in [0.717, 1.165) is 12.8 Å². The van der Waals surface area contributed by atoms with Crippen LogP contribution in [-0.2, 0) is 15.2 Å². The van der Waals surface area contributed by atoms with Crippen molar-refractivity contribution in [1.29, 1.82) is 0 Å². The number of unbranched alkanes of at least 4 members (excludes halogenated alkanes) is 13. The zero-order chi connectivity index (χ0) is 17.8. The van der Waals surface area contributed by atoms with Crippen LogP contribution in [0.5, 0.6) is 0 Å². The molecule has 4 nitrogen and oxygen atoms in total. The van der Waals surface area contributed by atoms with Crippen molar-refractivity contribution in [3.63, 3.8) is 0 Å². The molecule has 0 amide bonds. The van der Waals surface area contributed by atoms with E-state index in [1.807, 2.05) is 0 Å². The molecule has 0 heterocycles. The normalized spacial score (nSPS) is 10.7. The van der Waals surface area contributed by atoms with Crippen LogP contribution in [0.25, 0.3) is 0 Å². The fraction of sp³-hybridized carbons (Fsp3) is 1.00. The van der Waals surface area contributed by atoms with Crippen molar-refractivity contribution in [2.24, 2.45) is 0 Å². The van der Waals surface area contributed by atoms with E-state index < -0.39 is 10.1 Å². The molecule has 0 aromatic heterocycles. The van der Waals surface area contributed by atoms with Crippen LogP contribution < -0.4 is 0 Å². The summed E-state index contributed by atoms with van der Waals surface area (Å²) in [4.78, 5) is 0. The molecule has 1 radical (unpaired) electrons. The van der Waals surface area contributed by atoms with Crippen molar-refractivity contribution in [2.75, 3.05) is 12.4 Å². The summed E-state index contributed by atoms with van der Waals surface area (Å²) < 4.78 is 26.9. The van der Waals surface area contributed by atoms with Crippen molar-refractivity contribution < 1.29 is 18.1 Å². The van der Waals surface area contributed by atoms with Crippen LogP contribution in [-0.4, -0.2) is 54.9 Å². The fourth-order valence-electron chi connectivity index (χ4n) is 2.30. The zero-order valence-electron chi connectivity index (χ0n) is 15.4. The van der Waals surface area contributed by atoms with Gasteiger partial charge in [0.1, 0.15) is 0 Å². The zero-order valence-corrected chi connectivity index (χ0v) is 16.2. The summed E-state index contributed by atoms with van der Waals surface area (Å²) in [7, 11) is -3.66. The Morgan fingerprint density at radius 1 is 0.625 bits per heavy atom. The summed E-state index contributed by atoms with van der Waals surface area (Å²) in [6.07, 6.45) is 18.9. The standard InChI is InChI=1S/C16H33O.C2H6O3S.Na.H/c1-2-3-4-5-6-7-8-9-10-11-12-13-14-15-16-17;1-2-6(3,4)5;;/h2-16H2,1H3;2H2,1H3,(H,3,4,5);;. The predicted octanol–water partition coefficient (Wildman–Crippen LogP) is 5.14. The molecule has 0 bridgehead atoms. The predicted molar refractivity (Wildman–Crippen MR) is 105 cm³/mol. The summed E-state index contributed by atoms with van der Waals surface area (Å²) in [5.74, 6) is -0.201. The molecule has 0 aromatic carbocycles. The first-order valence-corrected chi connectivity index (χ1v) is 11.1. The molecular weight excluding hydrogens is 335 g/mol. The van der Waals surface area contributed by atoms with Crippen molar-refractivity contribution in [3.05, 3.63) is 0 Å². The second kappa shape index (κ2) is 23.9. The number of rotatable bonds is 15. The van der Waals surface area contributed by atoms with Gasteiger partial charge < -0.3 is 0 Å². The van der Waals surface area contributed by atoms with E-state index in [9.17, 15) is 13.5 Å². The summed E-state index contributed by atoms with van der Waals surface area (Å²) >= 11 is 0. The van der Waals surface area contributed by atoms with Gasteiger partial charge in [-0.3, -0.25) is 4.55 Å². The molecule has 0 rings (SSSR count). The van der Waals surface area contributed by atoms with Crippen LogP contribution in [0.15, 0.2) is 0 Å². The van der Waals surface area contributed by atoms with Crippen LogP contribution in [0.2, 0.25) is 0 Å². The van der Waals surface area contributed by atoms with Crippen molar-refractivity contribution in [1.82, 2.24) is 0 Å². The molecule has 1 N–H and O–H groups in total. The topological polar surface area (TPSA) is 74.3 Å². The summed E-state index contributed by atoms with van der Waals surface area (Å²) in [6.45, 7) is 3.77. The Balaban J connectivity index is -0.000000538. The Morgan fingerprint density at radius 3 is 1.08 bits per heavy atom. The van der Waals surface area contributed by atoms with Crippen LogP contribution >= 0.6 is 0 Å². The molecule has 0 aliphatic rings. The first-order valence-electron chi connectivity index (χ1n) is 9.51. The van der Waals surface area contributed by atoms with Crippen LogP contribution in [0.4, 0.5) is 0 Å². The van der Waals surface area contributed by atoms with E-state index >= 15 is 0 Å². The molecule has 0 fully saturated rings. The molecule has 0 spiro atoms. The molecule has 24 heavy (non-hydrogen) atoms. The van der Waals surface area contributed by atoms with E-state index in [2.05, 4.69) is 6.92 Å². The van der Waals surface area contributed by atoms with Gasteiger partial charge in [0.25, 0.3) is 10.1 Å². The number of hydrogen-bond acceptors (Lipinski definition) is 2. The van der Waals surface area contributed by atoms with Crippen LogP contribution in [0, 0.1) is 0 Å². The Kier molecular flexibility index (Phi) is 29.5. The minimum atomic E-state index is -3.66. The average molecular weight is 376 g/mol. The first kappa shape index (κ1) is 29.6. The molecule has 0 aromatic rings. The summed E-state index contributed by atoms with van der Waals surface area (Å²) in [5, 5.41) is 10.2. The molecule has 0 saturated carbocycles. The van der Waals surface area contributed by atoms with Crippen molar-refractivity contribution >= 4 is 39.7 Å². The SMILES string of the molecule is CCCCCCCCCCCCCCCC[O].CCS(=O)(=O)O.[NaH]. The molecule has 0 atom stereocenters. The molecule has 0 aliphatic carbocycles. The number of hydrogen-bond donors (Lipinski definition) is 1. The molecule has 0 aliphatic heterocycles. The van der Waals surface area contributed by atoms with Gasteiger partial charge in [-0.1, -0.05) is 90.4 Å². The van der Waals surface area contributed by atoms with E-state index in [1.165, 1.54) is 84.0 Å². The van der Waals surface area contributed by atoms with Crippen molar-refractivity contribution in [3.8, 4) is 0 Å². The summed E-state index contributed by atoms with van der Waals surface area (Å²) in [6, 6.07) is 0. The molecule has 143 valence electrons. The molecule has 6 heteroatoms. The van der Waals surface area contributed by atoms with Gasteiger partial charge in [0, 0.05) is 0 Å². The van der Waals surface area contributed by atoms with Gasteiger partial charge in [-0.15, -0.1) is 0 Å². The molecule has 0 saturated heterocycles. The third-order valence-electron chi connectivity index (χ3n) is 3.86. The van der Waals surface area contributed by atoms with Gasteiger partial charge in [0.2, 0.25) is 0 Å².